The Morgan fingerprint density at radius 1 is 1.14 bits per heavy atom. The highest BCUT2D eigenvalue weighted by Gasteiger charge is 2.37. The van der Waals surface area contributed by atoms with Crippen LogP contribution in [0, 0.1) is 11.8 Å². The summed E-state index contributed by atoms with van der Waals surface area (Å²) in [5.41, 5.74) is 11.5. The van der Waals surface area contributed by atoms with Crippen LogP contribution in [0.25, 0.3) is 5.69 Å². The molecule has 190 valence electrons. The lowest BCUT2D eigenvalue weighted by molar-refractivity contribution is 0.147. The quantitative estimate of drug-likeness (QED) is 0.544. The Kier molecular flexibility index (Phi) is 6.70. The second-order valence-electron chi connectivity index (χ2n) is 10.8. The number of hydrogen-bond acceptors (Lipinski definition) is 5. The van der Waals surface area contributed by atoms with Gasteiger partial charge in [-0.05, 0) is 81.6 Å². The first-order valence-electron chi connectivity index (χ1n) is 12.8. The summed E-state index contributed by atoms with van der Waals surface area (Å²) in [5.74, 6) is -0.0237. The minimum absolute atomic E-state index is 0.253. The highest BCUT2D eigenvalue weighted by atomic mass is 19.1. The summed E-state index contributed by atoms with van der Waals surface area (Å²) < 4.78 is 16.4. The number of alkyl halides is 1. The molecule has 4 N–H and O–H groups in total. The van der Waals surface area contributed by atoms with Gasteiger partial charge in [-0.25, -0.2) is 9.07 Å². The van der Waals surface area contributed by atoms with Crippen LogP contribution in [0.3, 0.4) is 0 Å². The summed E-state index contributed by atoms with van der Waals surface area (Å²) in [4.78, 5) is 4.60. The van der Waals surface area contributed by atoms with E-state index in [1.54, 1.807) is 24.7 Å². The van der Waals surface area contributed by atoms with Crippen molar-refractivity contribution in [2.45, 2.75) is 70.4 Å². The summed E-state index contributed by atoms with van der Waals surface area (Å²) in [7, 11) is 0. The van der Waals surface area contributed by atoms with Gasteiger partial charge >= 0.3 is 0 Å². The van der Waals surface area contributed by atoms with Gasteiger partial charge in [0.05, 0.1) is 18.0 Å². The molecule has 3 atom stereocenters. The molecule has 1 saturated carbocycles. The Balaban J connectivity index is 1.27. The van der Waals surface area contributed by atoms with E-state index in [-0.39, 0.29) is 11.8 Å². The standard InChI is InChI=1S/C29H35FN4O2/c1-29(2,30)21-12-19-13-24(35)15-25(27(19)26(31)14-21)18-8-10-22(11-9-18)33-28(36)20-16-32-34(17-20)23-6-4-3-5-7-23/h3-7,14-18,21,24,28,35-36H,8-13,31H2,1-2H3. The van der Waals surface area contributed by atoms with E-state index < -0.39 is 18.0 Å². The van der Waals surface area contributed by atoms with Crippen molar-refractivity contribution in [3.63, 3.8) is 0 Å². The lowest BCUT2D eigenvalue weighted by Gasteiger charge is -2.37. The average Bonchev–Trinajstić information content (AvgIpc) is 3.34. The van der Waals surface area contributed by atoms with Crippen LogP contribution in [0.2, 0.25) is 0 Å². The fraction of sp³-hybridized carbons (Fsp3) is 0.448. The molecule has 1 aromatic carbocycles. The van der Waals surface area contributed by atoms with Crippen LogP contribution in [-0.2, 0) is 0 Å². The molecule has 0 saturated heterocycles. The molecule has 3 aliphatic rings. The number of aliphatic hydroxyl groups is 2. The molecule has 0 spiro atoms. The SMILES string of the molecule is CC(C)(F)C1C=C(N)C2=C(CC(O)C=C2C2CCC(=NC(O)c3cnn(-c4ccccc4)c3)CC2)C1. The molecule has 3 unspecified atom stereocenters. The number of para-hydroxylation sites is 1. The zero-order valence-corrected chi connectivity index (χ0v) is 20.9. The molecule has 0 radical (unpaired) electrons. The molecular formula is C29H35FN4O2. The van der Waals surface area contributed by atoms with E-state index >= 15 is 0 Å². The first-order chi connectivity index (χ1) is 17.2. The number of halogens is 1. The van der Waals surface area contributed by atoms with Gasteiger partial charge in [-0.1, -0.05) is 35.9 Å². The number of nitrogens with zero attached hydrogens (tertiary/aromatic N) is 3. The van der Waals surface area contributed by atoms with Crippen molar-refractivity contribution >= 4 is 5.71 Å². The van der Waals surface area contributed by atoms with Gasteiger partial charge < -0.3 is 15.9 Å². The highest BCUT2D eigenvalue weighted by Crippen LogP contribution is 2.45. The lowest BCUT2D eigenvalue weighted by Crippen LogP contribution is -2.32. The fourth-order valence-corrected chi connectivity index (χ4v) is 5.70. The van der Waals surface area contributed by atoms with Crippen molar-refractivity contribution in [1.82, 2.24) is 9.78 Å². The van der Waals surface area contributed by atoms with E-state index in [1.807, 2.05) is 48.7 Å². The largest absolute Gasteiger partial charge is 0.398 e. The minimum Gasteiger partial charge on any atom is -0.398 e. The molecule has 7 heteroatoms. The highest BCUT2D eigenvalue weighted by molar-refractivity contribution is 5.85. The van der Waals surface area contributed by atoms with Crippen molar-refractivity contribution in [2.24, 2.45) is 22.6 Å². The second-order valence-corrected chi connectivity index (χ2v) is 10.8. The number of aliphatic hydroxyl groups excluding tert-OH is 2. The van der Waals surface area contributed by atoms with E-state index in [9.17, 15) is 14.6 Å². The molecule has 0 amide bonds. The van der Waals surface area contributed by atoms with Crippen LogP contribution in [0.4, 0.5) is 4.39 Å². The van der Waals surface area contributed by atoms with E-state index in [1.165, 1.54) is 0 Å². The molecule has 1 heterocycles. The molecular weight excluding hydrogens is 455 g/mol. The average molecular weight is 491 g/mol. The molecule has 2 aromatic rings. The van der Waals surface area contributed by atoms with Crippen molar-refractivity contribution in [3.8, 4) is 5.69 Å². The maximum Gasteiger partial charge on any atom is 0.174 e. The van der Waals surface area contributed by atoms with Crippen molar-refractivity contribution in [3.05, 3.63) is 82.9 Å². The third kappa shape index (κ3) is 5.08. The van der Waals surface area contributed by atoms with Gasteiger partial charge in [-0.2, -0.15) is 5.10 Å². The summed E-state index contributed by atoms with van der Waals surface area (Å²) in [6.07, 6.45) is 10.2. The number of aliphatic imine (C=N–C) groups is 1. The summed E-state index contributed by atoms with van der Waals surface area (Å²) >= 11 is 0. The third-order valence-corrected chi connectivity index (χ3v) is 7.72. The first kappa shape index (κ1) is 24.7. The van der Waals surface area contributed by atoms with Gasteiger partial charge in [0.2, 0.25) is 0 Å². The van der Waals surface area contributed by atoms with Crippen LogP contribution in [0.15, 0.2) is 82.3 Å². The topological polar surface area (TPSA) is 96.7 Å². The first-order valence-corrected chi connectivity index (χ1v) is 12.8. The molecule has 6 nitrogen and oxygen atoms in total. The second kappa shape index (κ2) is 9.79. The normalized spacial score (nSPS) is 25.7. The van der Waals surface area contributed by atoms with E-state index in [2.05, 4.69) is 10.1 Å². The molecule has 1 aromatic heterocycles. The number of allylic oxidation sites excluding steroid dienone is 2. The fourth-order valence-electron chi connectivity index (χ4n) is 5.70. The van der Waals surface area contributed by atoms with E-state index in [4.69, 9.17) is 5.73 Å². The lowest BCUT2D eigenvalue weighted by atomic mass is 9.70. The zero-order chi connectivity index (χ0) is 25.4. The van der Waals surface area contributed by atoms with Crippen LogP contribution >= 0.6 is 0 Å². The Labute approximate surface area is 211 Å². The molecule has 0 aliphatic heterocycles. The van der Waals surface area contributed by atoms with Gasteiger partial charge in [-0.15, -0.1) is 0 Å². The van der Waals surface area contributed by atoms with Crippen molar-refractivity contribution in [2.75, 3.05) is 0 Å². The summed E-state index contributed by atoms with van der Waals surface area (Å²) in [6.45, 7) is 3.18. The van der Waals surface area contributed by atoms with Gasteiger partial charge in [-0.3, -0.25) is 4.99 Å². The maximum absolute atomic E-state index is 14.7. The van der Waals surface area contributed by atoms with Gasteiger partial charge in [0.1, 0.15) is 5.67 Å². The van der Waals surface area contributed by atoms with Crippen molar-refractivity contribution in [1.29, 1.82) is 0 Å². The number of benzene rings is 1. The van der Waals surface area contributed by atoms with E-state index in [0.29, 0.717) is 24.1 Å². The maximum atomic E-state index is 14.7. The number of aromatic nitrogens is 2. The van der Waals surface area contributed by atoms with Gasteiger partial charge in [0, 0.05) is 29.1 Å². The van der Waals surface area contributed by atoms with Gasteiger partial charge in [0.25, 0.3) is 0 Å². The van der Waals surface area contributed by atoms with Crippen LogP contribution in [0.5, 0.6) is 0 Å². The Morgan fingerprint density at radius 2 is 1.86 bits per heavy atom. The third-order valence-electron chi connectivity index (χ3n) is 7.72. The minimum atomic E-state index is -1.36. The zero-order valence-electron chi connectivity index (χ0n) is 20.9. The van der Waals surface area contributed by atoms with E-state index in [0.717, 1.165) is 53.8 Å². The van der Waals surface area contributed by atoms with Crippen molar-refractivity contribution < 1.29 is 14.6 Å². The van der Waals surface area contributed by atoms with Crippen LogP contribution < -0.4 is 5.73 Å². The van der Waals surface area contributed by atoms with Crippen LogP contribution in [0.1, 0.15) is 64.2 Å². The Hall–Kier alpha value is -3.03. The van der Waals surface area contributed by atoms with Crippen LogP contribution in [-0.4, -0.2) is 37.5 Å². The number of nitrogens with two attached hydrogens (primary N) is 1. The molecule has 0 bridgehead atoms. The number of rotatable bonds is 5. The summed E-state index contributed by atoms with van der Waals surface area (Å²) in [5, 5.41) is 25.6. The summed E-state index contributed by atoms with van der Waals surface area (Å²) in [6, 6.07) is 9.76. The Morgan fingerprint density at radius 3 is 2.56 bits per heavy atom. The molecule has 36 heavy (non-hydrogen) atoms. The smallest absolute Gasteiger partial charge is 0.174 e. The molecule has 3 aliphatic carbocycles. The number of hydrogen-bond donors (Lipinski definition) is 3. The Bertz CT molecular complexity index is 1230. The molecule has 1 fully saturated rings. The predicted octanol–water partition coefficient (Wildman–Crippen LogP) is 5.09. The monoisotopic (exact) mass is 490 g/mol. The molecule has 5 rings (SSSR count). The predicted molar refractivity (Wildman–Crippen MR) is 139 cm³/mol. The van der Waals surface area contributed by atoms with Gasteiger partial charge in [0.15, 0.2) is 6.23 Å².